The number of halogens is 2. The Morgan fingerprint density at radius 1 is 1.00 bits per heavy atom. The van der Waals surface area contributed by atoms with Crippen molar-refractivity contribution in [1.82, 2.24) is 9.80 Å². The van der Waals surface area contributed by atoms with E-state index in [4.69, 9.17) is 27.9 Å². The standard InChI is InChI=1S/C25H28Cl2N2O3/c1-16-3-5-17(6-4-16)19-14-22(26)21(23(27)15-19)13-18-7-12-29(24(18)30)20-8-10-28(11-9-20)25(31)32-2/h3-6,14-15,18,20H,7-13H2,1-2H3/t18-/m0/s1. The van der Waals surface area contributed by atoms with Gasteiger partial charge in [0.1, 0.15) is 0 Å². The number of benzene rings is 2. The first kappa shape index (κ1) is 22.9. The van der Waals surface area contributed by atoms with Crippen LogP contribution in [0.5, 0.6) is 0 Å². The maximum Gasteiger partial charge on any atom is 0.409 e. The van der Waals surface area contributed by atoms with E-state index in [9.17, 15) is 9.59 Å². The van der Waals surface area contributed by atoms with Gasteiger partial charge in [-0.05, 0) is 61.4 Å². The highest BCUT2D eigenvalue weighted by Gasteiger charge is 2.38. The molecule has 2 aromatic rings. The summed E-state index contributed by atoms with van der Waals surface area (Å²) >= 11 is 13.3. The van der Waals surface area contributed by atoms with Gasteiger partial charge in [-0.15, -0.1) is 0 Å². The second kappa shape index (κ2) is 9.72. The fourth-order valence-corrected chi connectivity index (χ4v) is 5.40. The number of carbonyl (C=O) groups excluding carboxylic acids is 2. The van der Waals surface area contributed by atoms with Crippen molar-refractivity contribution in [1.29, 1.82) is 0 Å². The van der Waals surface area contributed by atoms with E-state index in [1.165, 1.54) is 12.7 Å². The summed E-state index contributed by atoms with van der Waals surface area (Å²) in [4.78, 5) is 28.5. The Labute approximate surface area is 199 Å². The number of hydrogen-bond donors (Lipinski definition) is 0. The Bertz CT molecular complexity index is 978. The number of amides is 2. The highest BCUT2D eigenvalue weighted by Crippen LogP contribution is 2.36. The lowest BCUT2D eigenvalue weighted by Gasteiger charge is -2.36. The number of hydrogen-bond acceptors (Lipinski definition) is 3. The van der Waals surface area contributed by atoms with Crippen molar-refractivity contribution in [2.75, 3.05) is 26.7 Å². The van der Waals surface area contributed by atoms with Crippen LogP contribution in [-0.4, -0.2) is 54.6 Å². The molecule has 0 aromatic heterocycles. The SMILES string of the molecule is COC(=O)N1CCC(N2CC[C@@H](Cc3c(Cl)cc(-c4ccc(C)cc4)cc3Cl)C2=O)CC1. The third-order valence-corrected chi connectivity index (χ3v) is 7.34. The molecule has 2 aromatic carbocycles. The van der Waals surface area contributed by atoms with Gasteiger partial charge < -0.3 is 14.5 Å². The molecule has 2 aliphatic heterocycles. The Kier molecular flexibility index (Phi) is 6.96. The quantitative estimate of drug-likeness (QED) is 0.579. The minimum atomic E-state index is -0.299. The van der Waals surface area contributed by atoms with Gasteiger partial charge in [-0.1, -0.05) is 53.0 Å². The first-order valence-corrected chi connectivity index (χ1v) is 11.8. The minimum absolute atomic E-state index is 0.117. The zero-order valence-electron chi connectivity index (χ0n) is 18.4. The number of aryl methyl sites for hydroxylation is 1. The molecule has 2 amide bonds. The average molecular weight is 475 g/mol. The monoisotopic (exact) mass is 474 g/mol. The third kappa shape index (κ3) is 4.74. The van der Waals surface area contributed by atoms with Gasteiger partial charge in [0.25, 0.3) is 0 Å². The van der Waals surface area contributed by atoms with E-state index in [0.717, 1.165) is 42.5 Å². The van der Waals surface area contributed by atoms with Gasteiger partial charge in [0, 0.05) is 41.6 Å². The Hall–Kier alpha value is -2.24. The van der Waals surface area contributed by atoms with Gasteiger partial charge in [0.05, 0.1) is 7.11 Å². The predicted molar refractivity (Wildman–Crippen MR) is 127 cm³/mol. The molecular weight excluding hydrogens is 447 g/mol. The van der Waals surface area contributed by atoms with Gasteiger partial charge in [0.15, 0.2) is 0 Å². The number of methoxy groups -OCH3 is 1. The van der Waals surface area contributed by atoms with Crippen LogP contribution in [0.2, 0.25) is 10.0 Å². The number of carbonyl (C=O) groups is 2. The molecule has 2 aliphatic rings. The average Bonchev–Trinajstić information content (AvgIpc) is 3.16. The Morgan fingerprint density at radius 2 is 1.62 bits per heavy atom. The molecule has 7 heteroatoms. The molecule has 0 bridgehead atoms. The Balaban J connectivity index is 1.42. The van der Waals surface area contributed by atoms with Gasteiger partial charge >= 0.3 is 6.09 Å². The van der Waals surface area contributed by atoms with E-state index in [-0.39, 0.29) is 24.0 Å². The second-order valence-electron chi connectivity index (χ2n) is 8.69. The van der Waals surface area contributed by atoms with Gasteiger partial charge in [0.2, 0.25) is 5.91 Å². The summed E-state index contributed by atoms with van der Waals surface area (Å²) in [5.74, 6) is 0.0464. The van der Waals surface area contributed by atoms with Crippen LogP contribution in [0.4, 0.5) is 4.79 Å². The zero-order chi connectivity index (χ0) is 22.8. The van der Waals surface area contributed by atoms with E-state index in [1.807, 2.05) is 17.0 Å². The van der Waals surface area contributed by atoms with Crippen LogP contribution in [-0.2, 0) is 16.0 Å². The summed E-state index contributed by atoms with van der Waals surface area (Å²) < 4.78 is 4.80. The maximum atomic E-state index is 13.2. The molecule has 0 spiro atoms. The van der Waals surface area contributed by atoms with Crippen molar-refractivity contribution in [3.63, 3.8) is 0 Å². The minimum Gasteiger partial charge on any atom is -0.453 e. The van der Waals surface area contributed by atoms with Crippen molar-refractivity contribution in [2.24, 2.45) is 5.92 Å². The van der Waals surface area contributed by atoms with E-state index < -0.39 is 0 Å². The highest BCUT2D eigenvalue weighted by molar-refractivity contribution is 6.36. The van der Waals surface area contributed by atoms with Crippen LogP contribution in [0.1, 0.15) is 30.4 Å². The molecule has 0 N–H and O–H groups in total. The summed E-state index contributed by atoms with van der Waals surface area (Å²) in [6.45, 7) is 4.02. The van der Waals surface area contributed by atoms with Crippen LogP contribution in [0, 0.1) is 12.8 Å². The molecule has 32 heavy (non-hydrogen) atoms. The van der Waals surface area contributed by atoms with E-state index >= 15 is 0 Å². The largest absolute Gasteiger partial charge is 0.453 e. The lowest BCUT2D eigenvalue weighted by molar-refractivity contribution is -0.133. The number of ether oxygens (including phenoxy) is 1. The van der Waals surface area contributed by atoms with Crippen molar-refractivity contribution < 1.29 is 14.3 Å². The molecular formula is C25H28Cl2N2O3. The molecule has 2 fully saturated rings. The molecule has 0 aliphatic carbocycles. The van der Waals surface area contributed by atoms with Crippen molar-refractivity contribution in [3.05, 3.63) is 57.6 Å². The van der Waals surface area contributed by atoms with Gasteiger partial charge in [-0.3, -0.25) is 4.79 Å². The Morgan fingerprint density at radius 3 is 2.22 bits per heavy atom. The van der Waals surface area contributed by atoms with Crippen molar-refractivity contribution in [3.8, 4) is 11.1 Å². The van der Waals surface area contributed by atoms with Crippen molar-refractivity contribution in [2.45, 2.75) is 38.6 Å². The molecule has 0 radical (unpaired) electrons. The van der Waals surface area contributed by atoms with Gasteiger partial charge in [-0.25, -0.2) is 4.79 Å². The molecule has 170 valence electrons. The van der Waals surface area contributed by atoms with E-state index in [2.05, 4.69) is 31.2 Å². The molecule has 2 saturated heterocycles. The lowest BCUT2D eigenvalue weighted by Crippen LogP contribution is -2.47. The molecule has 1 atom stereocenters. The number of nitrogens with zero attached hydrogens (tertiary/aromatic N) is 2. The fourth-order valence-electron chi connectivity index (χ4n) is 4.76. The number of likely N-dealkylation sites (tertiary alicyclic amines) is 2. The topological polar surface area (TPSA) is 49.9 Å². The normalized spacial score (nSPS) is 19.5. The smallest absolute Gasteiger partial charge is 0.409 e. The predicted octanol–water partition coefficient (Wildman–Crippen LogP) is 5.59. The third-order valence-electron chi connectivity index (χ3n) is 6.67. The zero-order valence-corrected chi connectivity index (χ0v) is 20.0. The highest BCUT2D eigenvalue weighted by atomic mass is 35.5. The molecule has 4 rings (SSSR count). The summed E-state index contributed by atoms with van der Waals surface area (Å²) in [5, 5.41) is 1.21. The first-order chi connectivity index (χ1) is 15.4. The number of piperidine rings is 1. The summed E-state index contributed by atoms with van der Waals surface area (Å²) in [6, 6.07) is 12.3. The summed E-state index contributed by atoms with van der Waals surface area (Å²) in [5.41, 5.74) is 4.07. The summed E-state index contributed by atoms with van der Waals surface area (Å²) in [7, 11) is 1.40. The van der Waals surface area contributed by atoms with Crippen LogP contribution >= 0.6 is 23.2 Å². The molecule has 0 unspecified atom stereocenters. The maximum absolute atomic E-state index is 13.2. The molecule has 5 nitrogen and oxygen atoms in total. The lowest BCUT2D eigenvalue weighted by atomic mass is 9.95. The van der Waals surface area contributed by atoms with Crippen LogP contribution in [0.3, 0.4) is 0 Å². The van der Waals surface area contributed by atoms with Gasteiger partial charge in [-0.2, -0.15) is 0 Å². The first-order valence-electron chi connectivity index (χ1n) is 11.1. The van der Waals surface area contributed by atoms with Crippen LogP contribution < -0.4 is 0 Å². The van der Waals surface area contributed by atoms with E-state index in [0.29, 0.717) is 29.6 Å². The number of rotatable bonds is 4. The van der Waals surface area contributed by atoms with Crippen molar-refractivity contribution >= 4 is 35.2 Å². The van der Waals surface area contributed by atoms with Crippen LogP contribution in [0.25, 0.3) is 11.1 Å². The summed E-state index contributed by atoms with van der Waals surface area (Å²) in [6.07, 6.45) is 2.60. The molecule has 2 heterocycles. The van der Waals surface area contributed by atoms with Crippen LogP contribution in [0.15, 0.2) is 36.4 Å². The van der Waals surface area contributed by atoms with E-state index in [1.54, 1.807) is 4.90 Å². The fraction of sp³-hybridized carbons (Fsp3) is 0.440. The second-order valence-corrected chi connectivity index (χ2v) is 9.51. The molecule has 0 saturated carbocycles.